The van der Waals surface area contributed by atoms with Gasteiger partial charge in [0, 0.05) is 12.4 Å². The number of nitrogens with one attached hydrogen (secondary N) is 2. The Labute approximate surface area is 84.5 Å². The third kappa shape index (κ3) is 1.15. The Morgan fingerprint density at radius 3 is 3.14 bits per heavy atom. The molecule has 0 atom stereocenters. The van der Waals surface area contributed by atoms with Gasteiger partial charge in [0.2, 0.25) is 0 Å². The minimum atomic E-state index is -0.952. The van der Waals surface area contributed by atoms with Crippen molar-refractivity contribution in [3.8, 4) is 0 Å². The Morgan fingerprint density at radius 2 is 2.50 bits per heavy atom. The molecule has 1 aliphatic rings. The molecule has 1 aliphatic heterocycles. The number of hydrogen-bond donors (Lipinski definition) is 3. The van der Waals surface area contributed by atoms with E-state index in [2.05, 4.69) is 5.32 Å². The number of nitrogens with zero attached hydrogens (tertiary/aromatic N) is 1. The quantitative estimate of drug-likeness (QED) is 0.649. The van der Waals surface area contributed by atoms with Crippen molar-refractivity contribution in [2.24, 2.45) is 0 Å². The predicted octanol–water partition coefficient (Wildman–Crippen LogP) is 1.09. The largest absolute Gasteiger partial charge is 0.478 e. The second kappa shape index (κ2) is 2.98. The van der Waals surface area contributed by atoms with Gasteiger partial charge in [-0.25, -0.2) is 4.79 Å². The van der Waals surface area contributed by atoms with Gasteiger partial charge in [-0.05, 0) is 0 Å². The van der Waals surface area contributed by atoms with Gasteiger partial charge >= 0.3 is 5.97 Å². The fourth-order valence-electron chi connectivity index (χ4n) is 1.32. The van der Waals surface area contributed by atoms with Crippen LogP contribution in [0.25, 0.3) is 0 Å². The van der Waals surface area contributed by atoms with Gasteiger partial charge in [0.15, 0.2) is 0 Å². The minimum Gasteiger partial charge on any atom is -0.478 e. The molecule has 14 heavy (non-hydrogen) atoms. The molecule has 2 rings (SSSR count). The first kappa shape index (κ1) is 9.01. The first-order valence-electron chi connectivity index (χ1n) is 4.00. The first-order valence-corrected chi connectivity index (χ1v) is 4.88. The van der Waals surface area contributed by atoms with Crippen LogP contribution in [0.3, 0.4) is 0 Å². The Morgan fingerprint density at radius 1 is 1.79 bits per heavy atom. The summed E-state index contributed by atoms with van der Waals surface area (Å²) < 4.78 is 0. The summed E-state index contributed by atoms with van der Waals surface area (Å²) in [6.07, 6.45) is 0. The van der Waals surface area contributed by atoms with Crippen LogP contribution in [-0.2, 0) is 0 Å². The molecule has 2 heterocycles. The number of anilines is 1. The molecule has 1 aromatic heterocycles. The number of amidine groups is 1. The monoisotopic (exact) mass is 211 g/mol. The number of rotatable bonds is 1. The van der Waals surface area contributed by atoms with E-state index in [0.29, 0.717) is 23.1 Å². The summed E-state index contributed by atoms with van der Waals surface area (Å²) in [7, 11) is 1.79. The summed E-state index contributed by atoms with van der Waals surface area (Å²) in [6.45, 7) is 0.475. The SMILES string of the molecule is CN1CNc2c(C(=O)O)csc2C1=N. The average Bonchev–Trinajstić information content (AvgIpc) is 2.55. The minimum absolute atomic E-state index is 0.253. The highest BCUT2D eigenvalue weighted by Crippen LogP contribution is 2.31. The molecule has 1 aromatic rings. The van der Waals surface area contributed by atoms with Crippen LogP contribution in [0.15, 0.2) is 5.38 Å². The lowest BCUT2D eigenvalue weighted by Crippen LogP contribution is -2.36. The van der Waals surface area contributed by atoms with Crippen molar-refractivity contribution in [1.29, 1.82) is 5.41 Å². The lowest BCUT2D eigenvalue weighted by molar-refractivity contribution is 0.0698. The van der Waals surface area contributed by atoms with Crippen LogP contribution in [0.5, 0.6) is 0 Å². The van der Waals surface area contributed by atoms with Crippen LogP contribution < -0.4 is 5.32 Å². The van der Waals surface area contributed by atoms with Crippen molar-refractivity contribution < 1.29 is 9.90 Å². The Kier molecular flexibility index (Phi) is 1.92. The second-order valence-electron chi connectivity index (χ2n) is 3.04. The fraction of sp³-hybridized carbons (Fsp3) is 0.250. The normalized spacial score (nSPS) is 14.9. The zero-order valence-corrected chi connectivity index (χ0v) is 8.31. The molecular weight excluding hydrogens is 202 g/mol. The molecule has 0 unspecified atom stereocenters. The van der Waals surface area contributed by atoms with Crippen molar-refractivity contribution >= 4 is 28.8 Å². The van der Waals surface area contributed by atoms with Crippen molar-refractivity contribution in [3.05, 3.63) is 15.8 Å². The Bertz CT molecular complexity index is 413. The van der Waals surface area contributed by atoms with Crippen LogP contribution >= 0.6 is 11.3 Å². The third-order valence-electron chi connectivity index (χ3n) is 2.11. The number of aromatic carboxylic acids is 1. The average molecular weight is 211 g/mol. The number of thiophene rings is 1. The van der Waals surface area contributed by atoms with E-state index in [0.717, 1.165) is 0 Å². The molecule has 0 fully saturated rings. The molecule has 0 radical (unpaired) electrons. The van der Waals surface area contributed by atoms with Gasteiger partial charge in [-0.15, -0.1) is 11.3 Å². The summed E-state index contributed by atoms with van der Waals surface area (Å²) in [5.74, 6) is -0.580. The summed E-state index contributed by atoms with van der Waals surface area (Å²) in [5.41, 5.74) is 0.827. The van der Waals surface area contributed by atoms with Crippen molar-refractivity contribution in [1.82, 2.24) is 4.90 Å². The van der Waals surface area contributed by atoms with Crippen LogP contribution in [0.2, 0.25) is 0 Å². The third-order valence-corrected chi connectivity index (χ3v) is 3.10. The molecule has 0 bridgehead atoms. The molecule has 0 saturated heterocycles. The molecule has 0 spiro atoms. The molecule has 0 aromatic carbocycles. The van der Waals surface area contributed by atoms with E-state index >= 15 is 0 Å². The highest BCUT2D eigenvalue weighted by Gasteiger charge is 2.25. The number of hydrogen-bond acceptors (Lipinski definition) is 4. The lowest BCUT2D eigenvalue weighted by atomic mass is 10.2. The summed E-state index contributed by atoms with van der Waals surface area (Å²) in [5, 5.41) is 21.1. The molecular formula is C8H9N3O2S. The maximum absolute atomic E-state index is 10.8. The van der Waals surface area contributed by atoms with E-state index < -0.39 is 5.97 Å². The van der Waals surface area contributed by atoms with Gasteiger partial charge in [0.05, 0.1) is 22.8 Å². The van der Waals surface area contributed by atoms with Crippen molar-refractivity contribution in [2.45, 2.75) is 0 Å². The predicted molar refractivity (Wildman–Crippen MR) is 54.4 cm³/mol. The molecule has 74 valence electrons. The highest BCUT2D eigenvalue weighted by atomic mass is 32.1. The molecule has 3 N–H and O–H groups in total. The summed E-state index contributed by atoms with van der Waals surface area (Å²) >= 11 is 1.28. The first-order chi connectivity index (χ1) is 6.61. The fourth-order valence-corrected chi connectivity index (χ4v) is 2.34. The molecule has 5 nitrogen and oxygen atoms in total. The van der Waals surface area contributed by atoms with E-state index in [1.807, 2.05) is 0 Å². The second-order valence-corrected chi connectivity index (χ2v) is 3.92. The van der Waals surface area contributed by atoms with E-state index in [-0.39, 0.29) is 5.56 Å². The van der Waals surface area contributed by atoms with Crippen LogP contribution in [0, 0.1) is 5.41 Å². The van der Waals surface area contributed by atoms with Gasteiger partial charge in [-0.1, -0.05) is 0 Å². The molecule has 6 heteroatoms. The van der Waals surface area contributed by atoms with E-state index in [1.54, 1.807) is 17.3 Å². The highest BCUT2D eigenvalue weighted by molar-refractivity contribution is 7.13. The zero-order chi connectivity index (χ0) is 10.3. The van der Waals surface area contributed by atoms with Crippen molar-refractivity contribution in [3.63, 3.8) is 0 Å². The topological polar surface area (TPSA) is 76.4 Å². The van der Waals surface area contributed by atoms with E-state index in [9.17, 15) is 4.79 Å². The van der Waals surface area contributed by atoms with Gasteiger partial charge in [-0.3, -0.25) is 5.41 Å². The van der Waals surface area contributed by atoms with Crippen LogP contribution in [0.4, 0.5) is 5.69 Å². The standard InChI is InChI=1S/C8H9N3O2S/c1-11-3-10-5-4(8(12)13)2-14-6(5)7(11)9/h2,9-10H,3H2,1H3,(H,12,13). The van der Waals surface area contributed by atoms with Crippen LogP contribution in [0.1, 0.15) is 15.2 Å². The van der Waals surface area contributed by atoms with E-state index in [1.165, 1.54) is 11.3 Å². The zero-order valence-electron chi connectivity index (χ0n) is 7.50. The number of carbonyl (C=O) groups is 1. The maximum atomic E-state index is 10.8. The van der Waals surface area contributed by atoms with Gasteiger partial charge in [0.25, 0.3) is 0 Å². The van der Waals surface area contributed by atoms with Gasteiger partial charge in [0.1, 0.15) is 5.84 Å². The molecule has 0 aliphatic carbocycles. The summed E-state index contributed by atoms with van der Waals surface area (Å²) in [4.78, 5) is 13.2. The van der Waals surface area contributed by atoms with E-state index in [4.69, 9.17) is 10.5 Å². The van der Waals surface area contributed by atoms with Crippen molar-refractivity contribution in [2.75, 3.05) is 19.0 Å². The lowest BCUT2D eigenvalue weighted by Gasteiger charge is -2.26. The maximum Gasteiger partial charge on any atom is 0.338 e. The number of carboxylic acid groups (broad SMARTS) is 1. The Hall–Kier alpha value is -1.56. The van der Waals surface area contributed by atoms with Gasteiger partial charge < -0.3 is 15.3 Å². The number of fused-ring (bicyclic) bond motifs is 1. The van der Waals surface area contributed by atoms with Gasteiger partial charge in [-0.2, -0.15) is 0 Å². The molecule has 0 saturated carbocycles. The molecule has 0 amide bonds. The number of carboxylic acids is 1. The van der Waals surface area contributed by atoms with Crippen LogP contribution in [-0.4, -0.2) is 35.5 Å². The summed E-state index contributed by atoms with van der Waals surface area (Å²) in [6, 6.07) is 0. The Balaban J connectivity index is 2.51. The smallest absolute Gasteiger partial charge is 0.338 e.